The van der Waals surface area contributed by atoms with Gasteiger partial charge in [0, 0.05) is 17.7 Å². The zero-order chi connectivity index (χ0) is 26.0. The maximum Gasteiger partial charge on any atom is 0.357 e. The van der Waals surface area contributed by atoms with Crippen LogP contribution in [0.1, 0.15) is 33.3 Å². The number of anilines is 1. The molecule has 2 aromatic carbocycles. The first kappa shape index (κ1) is 23.8. The molecule has 0 aliphatic rings. The molecule has 0 fully saturated rings. The number of pyridine rings is 2. The van der Waals surface area contributed by atoms with E-state index in [2.05, 4.69) is 9.97 Å². The predicted octanol–water partition coefficient (Wildman–Crippen LogP) is 4.44. The molecule has 0 radical (unpaired) electrons. The van der Waals surface area contributed by atoms with E-state index in [0.29, 0.717) is 5.75 Å². The number of carbonyl (C=O) groups excluding carboxylic acids is 2. The van der Waals surface area contributed by atoms with Crippen molar-refractivity contribution in [3.05, 3.63) is 81.5 Å². The molecule has 0 unspecified atom stereocenters. The van der Waals surface area contributed by atoms with Gasteiger partial charge in [-0.3, -0.25) is 14.9 Å². The molecule has 0 aliphatic heterocycles. The summed E-state index contributed by atoms with van der Waals surface area (Å²) < 4.78 is 10.6. The molecule has 4 aromatic rings. The van der Waals surface area contributed by atoms with Gasteiger partial charge in [0.1, 0.15) is 17.4 Å². The number of esters is 1. The maximum absolute atomic E-state index is 12.5. The number of nitrogens with zero attached hydrogens (tertiary/aromatic N) is 4. The number of para-hydroxylation sites is 1. The van der Waals surface area contributed by atoms with Crippen LogP contribution < -0.4 is 10.5 Å². The monoisotopic (exact) mass is 483 g/mol. The van der Waals surface area contributed by atoms with Crippen LogP contribution in [0.25, 0.3) is 22.2 Å². The van der Waals surface area contributed by atoms with Crippen molar-refractivity contribution in [2.45, 2.75) is 6.92 Å². The Bertz CT molecular complexity index is 1590. The molecule has 0 aliphatic carbocycles. The Morgan fingerprint density at radius 1 is 1.11 bits per heavy atom. The Kier molecular flexibility index (Phi) is 6.26. The fourth-order valence-corrected chi connectivity index (χ4v) is 3.74. The Labute approximate surface area is 203 Å². The second kappa shape index (κ2) is 9.47. The van der Waals surface area contributed by atoms with E-state index in [1.54, 1.807) is 30.3 Å². The van der Waals surface area contributed by atoms with Gasteiger partial charge < -0.3 is 15.2 Å². The van der Waals surface area contributed by atoms with Gasteiger partial charge >= 0.3 is 5.97 Å². The number of nitrogen functional groups attached to an aromatic ring is 1. The highest BCUT2D eigenvalue weighted by Crippen LogP contribution is 2.41. The van der Waals surface area contributed by atoms with E-state index in [9.17, 15) is 25.0 Å². The molecule has 4 rings (SSSR count). The predicted molar refractivity (Wildman–Crippen MR) is 129 cm³/mol. The summed E-state index contributed by atoms with van der Waals surface area (Å²) in [4.78, 5) is 44.3. The van der Waals surface area contributed by atoms with Crippen molar-refractivity contribution in [3.63, 3.8) is 0 Å². The van der Waals surface area contributed by atoms with E-state index in [4.69, 9.17) is 15.2 Å². The van der Waals surface area contributed by atoms with Gasteiger partial charge in [0.15, 0.2) is 17.1 Å². The molecule has 0 bridgehead atoms. The van der Waals surface area contributed by atoms with Gasteiger partial charge in [-0.1, -0.05) is 30.3 Å². The minimum absolute atomic E-state index is 0.0605. The zero-order valence-corrected chi connectivity index (χ0v) is 19.0. The molecular formula is C25H17N5O6. The standard InChI is InChI=1S/C25H17N5O6/c1-13(31)18-21(27)20-19(14-7-6-8-15(11-14)30(33)34)17(12-26)24(36-16-9-4-3-5-10-16)29-23(20)28-22(18)25(32)35-2/h3-11H,1-2H3,(H2,27,28,29). The Morgan fingerprint density at radius 3 is 2.44 bits per heavy atom. The van der Waals surface area contributed by atoms with Gasteiger partial charge in [-0.15, -0.1) is 0 Å². The number of Topliss-reactive ketones (excluding diaryl/α,β-unsaturated/α-hetero) is 1. The largest absolute Gasteiger partial charge is 0.464 e. The number of aromatic nitrogens is 2. The average Bonchev–Trinajstić information content (AvgIpc) is 2.87. The molecule has 11 nitrogen and oxygen atoms in total. The van der Waals surface area contributed by atoms with E-state index in [1.165, 1.54) is 31.2 Å². The number of benzene rings is 2. The van der Waals surface area contributed by atoms with Crippen LogP contribution in [-0.4, -0.2) is 33.8 Å². The fourth-order valence-electron chi connectivity index (χ4n) is 3.74. The molecule has 11 heteroatoms. The SMILES string of the molecule is COC(=O)c1nc2nc(Oc3ccccc3)c(C#N)c(-c3cccc([N+](=O)[O-])c3)c2c(N)c1C(C)=O. The highest BCUT2D eigenvalue weighted by molar-refractivity contribution is 6.16. The van der Waals surface area contributed by atoms with Crippen LogP contribution in [0.3, 0.4) is 0 Å². The minimum Gasteiger partial charge on any atom is -0.464 e. The topological polar surface area (TPSA) is 171 Å². The molecule has 0 spiro atoms. The summed E-state index contributed by atoms with van der Waals surface area (Å²) in [6.45, 7) is 1.20. The lowest BCUT2D eigenvalue weighted by molar-refractivity contribution is -0.384. The summed E-state index contributed by atoms with van der Waals surface area (Å²) in [6.07, 6.45) is 0. The number of nitriles is 1. The molecular weight excluding hydrogens is 466 g/mol. The lowest BCUT2D eigenvalue weighted by atomic mass is 9.94. The van der Waals surface area contributed by atoms with E-state index >= 15 is 0 Å². The van der Waals surface area contributed by atoms with Crippen LogP contribution in [0.5, 0.6) is 11.6 Å². The minimum atomic E-state index is -0.914. The van der Waals surface area contributed by atoms with E-state index in [-0.39, 0.29) is 56.2 Å². The van der Waals surface area contributed by atoms with Crippen LogP contribution in [0.2, 0.25) is 0 Å². The maximum atomic E-state index is 12.5. The number of methoxy groups -OCH3 is 1. The van der Waals surface area contributed by atoms with Gasteiger partial charge in [-0.05, 0) is 24.6 Å². The summed E-state index contributed by atoms with van der Waals surface area (Å²) >= 11 is 0. The number of rotatable bonds is 6. The average molecular weight is 483 g/mol. The summed E-state index contributed by atoms with van der Waals surface area (Å²) in [5.41, 5.74) is 5.52. The number of non-ortho nitro benzene ring substituents is 1. The lowest BCUT2D eigenvalue weighted by Gasteiger charge is -2.17. The Morgan fingerprint density at radius 2 is 1.83 bits per heavy atom. The number of ether oxygens (including phenoxy) is 2. The first-order valence-electron chi connectivity index (χ1n) is 10.4. The second-order valence-electron chi connectivity index (χ2n) is 7.50. The number of ketones is 1. The summed E-state index contributed by atoms with van der Waals surface area (Å²) in [5.74, 6) is -1.30. The smallest absolute Gasteiger partial charge is 0.357 e. The first-order chi connectivity index (χ1) is 17.3. The van der Waals surface area contributed by atoms with Crippen molar-refractivity contribution in [2.24, 2.45) is 0 Å². The van der Waals surface area contributed by atoms with Gasteiger partial charge in [0.25, 0.3) is 5.69 Å². The van der Waals surface area contributed by atoms with Crippen LogP contribution in [-0.2, 0) is 4.74 Å². The molecule has 0 amide bonds. The zero-order valence-electron chi connectivity index (χ0n) is 19.0. The van der Waals surface area contributed by atoms with Crippen molar-refractivity contribution >= 4 is 34.2 Å². The van der Waals surface area contributed by atoms with E-state index in [0.717, 1.165) is 7.11 Å². The number of hydrogen-bond donors (Lipinski definition) is 1. The van der Waals surface area contributed by atoms with Gasteiger partial charge in [-0.25, -0.2) is 9.78 Å². The van der Waals surface area contributed by atoms with Gasteiger partial charge in [-0.2, -0.15) is 10.2 Å². The molecule has 36 heavy (non-hydrogen) atoms. The normalized spacial score (nSPS) is 10.5. The van der Waals surface area contributed by atoms with Crippen LogP contribution >= 0.6 is 0 Å². The van der Waals surface area contributed by atoms with Crippen molar-refractivity contribution in [1.82, 2.24) is 9.97 Å². The van der Waals surface area contributed by atoms with Crippen LogP contribution in [0.15, 0.2) is 54.6 Å². The first-order valence-corrected chi connectivity index (χ1v) is 10.4. The molecule has 2 N–H and O–H groups in total. The van der Waals surface area contributed by atoms with E-state index < -0.39 is 16.7 Å². The Balaban J connectivity index is 2.18. The number of nitrogens with two attached hydrogens (primary N) is 1. The fraction of sp³-hybridized carbons (Fsp3) is 0.0800. The third-order valence-electron chi connectivity index (χ3n) is 5.28. The number of carbonyl (C=O) groups is 2. The van der Waals surface area contributed by atoms with Gasteiger partial charge in [0.2, 0.25) is 5.88 Å². The summed E-state index contributed by atoms with van der Waals surface area (Å²) in [6, 6.07) is 16.0. The number of hydrogen-bond acceptors (Lipinski definition) is 10. The van der Waals surface area contributed by atoms with E-state index in [1.807, 2.05) is 6.07 Å². The quantitative estimate of drug-likeness (QED) is 0.179. The molecule has 178 valence electrons. The van der Waals surface area contributed by atoms with Crippen molar-refractivity contribution in [2.75, 3.05) is 12.8 Å². The summed E-state index contributed by atoms with van der Waals surface area (Å²) in [7, 11) is 1.12. The van der Waals surface area contributed by atoms with Crippen molar-refractivity contribution in [1.29, 1.82) is 5.26 Å². The van der Waals surface area contributed by atoms with Crippen molar-refractivity contribution < 1.29 is 24.0 Å². The third kappa shape index (κ3) is 4.14. The number of nitro benzene ring substituents is 1. The highest BCUT2D eigenvalue weighted by atomic mass is 16.6. The highest BCUT2D eigenvalue weighted by Gasteiger charge is 2.28. The number of fused-ring (bicyclic) bond motifs is 1. The molecule has 0 saturated heterocycles. The number of nitro groups is 1. The third-order valence-corrected chi connectivity index (χ3v) is 5.28. The molecule has 0 atom stereocenters. The van der Waals surface area contributed by atoms with Crippen molar-refractivity contribution in [3.8, 4) is 28.8 Å². The van der Waals surface area contributed by atoms with Crippen LogP contribution in [0.4, 0.5) is 11.4 Å². The Hall–Kier alpha value is -5.37. The van der Waals surface area contributed by atoms with Crippen LogP contribution in [0, 0.1) is 21.4 Å². The lowest BCUT2D eigenvalue weighted by Crippen LogP contribution is -2.15. The summed E-state index contributed by atoms with van der Waals surface area (Å²) in [5, 5.41) is 21.6. The molecule has 2 heterocycles. The molecule has 0 saturated carbocycles. The second-order valence-corrected chi connectivity index (χ2v) is 7.50. The molecule has 2 aromatic heterocycles. The van der Waals surface area contributed by atoms with Gasteiger partial charge in [0.05, 0.1) is 28.7 Å².